The Hall–Kier alpha value is -2.36. The number of nitrogens with one attached hydrogen (secondary N) is 1. The van der Waals surface area contributed by atoms with E-state index in [0.717, 1.165) is 16.9 Å². The molecular formula is C18H20FNO2. The Morgan fingerprint density at radius 1 is 1.23 bits per heavy atom. The molecule has 0 aromatic heterocycles. The van der Waals surface area contributed by atoms with Crippen LogP contribution in [0.25, 0.3) is 0 Å². The lowest BCUT2D eigenvalue weighted by molar-refractivity contribution is 0.0940. The molecular weight excluding hydrogens is 281 g/mol. The fraction of sp³-hybridized carbons (Fsp3) is 0.278. The predicted molar refractivity (Wildman–Crippen MR) is 84.6 cm³/mol. The second-order valence-electron chi connectivity index (χ2n) is 5.16. The summed E-state index contributed by atoms with van der Waals surface area (Å²) in [7, 11) is 0. The van der Waals surface area contributed by atoms with Crippen LogP contribution in [0.2, 0.25) is 0 Å². The molecule has 0 aliphatic heterocycles. The minimum absolute atomic E-state index is 0.164. The van der Waals surface area contributed by atoms with E-state index >= 15 is 0 Å². The summed E-state index contributed by atoms with van der Waals surface area (Å²) in [6.45, 7) is 6.29. The van der Waals surface area contributed by atoms with Crippen LogP contribution in [0.1, 0.15) is 41.4 Å². The maximum absolute atomic E-state index is 12.9. The van der Waals surface area contributed by atoms with Crippen molar-refractivity contribution in [3.05, 3.63) is 65.0 Å². The third-order valence-electron chi connectivity index (χ3n) is 3.45. The molecule has 0 unspecified atom stereocenters. The van der Waals surface area contributed by atoms with Crippen molar-refractivity contribution in [2.45, 2.75) is 26.8 Å². The Balaban J connectivity index is 2.08. The van der Waals surface area contributed by atoms with E-state index in [2.05, 4.69) is 5.32 Å². The highest BCUT2D eigenvalue weighted by Gasteiger charge is 2.12. The second kappa shape index (κ2) is 7.07. The zero-order valence-electron chi connectivity index (χ0n) is 13.0. The smallest absolute Gasteiger partial charge is 0.251 e. The average Bonchev–Trinajstić information content (AvgIpc) is 2.50. The first-order chi connectivity index (χ1) is 10.5. The molecule has 1 N–H and O–H groups in total. The summed E-state index contributed by atoms with van der Waals surface area (Å²) in [5.41, 5.74) is 2.36. The molecule has 116 valence electrons. The molecule has 0 fully saturated rings. The summed E-state index contributed by atoms with van der Waals surface area (Å²) in [6.07, 6.45) is 0. The Morgan fingerprint density at radius 3 is 2.50 bits per heavy atom. The molecule has 0 bridgehead atoms. The van der Waals surface area contributed by atoms with Crippen LogP contribution in [0.4, 0.5) is 4.39 Å². The van der Waals surface area contributed by atoms with Gasteiger partial charge in [-0.05, 0) is 62.2 Å². The van der Waals surface area contributed by atoms with Crippen LogP contribution in [0, 0.1) is 12.7 Å². The predicted octanol–water partition coefficient (Wildman–Crippen LogP) is 4.02. The van der Waals surface area contributed by atoms with E-state index in [1.165, 1.54) is 12.1 Å². The fourth-order valence-corrected chi connectivity index (χ4v) is 2.22. The van der Waals surface area contributed by atoms with Gasteiger partial charge in [0.15, 0.2) is 0 Å². The van der Waals surface area contributed by atoms with Crippen molar-refractivity contribution in [3.8, 4) is 5.75 Å². The van der Waals surface area contributed by atoms with Crippen molar-refractivity contribution in [2.75, 3.05) is 6.61 Å². The Kier molecular flexibility index (Phi) is 5.15. The highest BCUT2D eigenvalue weighted by molar-refractivity contribution is 5.94. The number of halogens is 1. The van der Waals surface area contributed by atoms with Gasteiger partial charge in [0, 0.05) is 5.56 Å². The molecule has 4 heteroatoms. The number of amides is 1. The highest BCUT2D eigenvalue weighted by atomic mass is 19.1. The number of aryl methyl sites for hydroxylation is 1. The highest BCUT2D eigenvalue weighted by Crippen LogP contribution is 2.20. The number of benzene rings is 2. The molecule has 2 rings (SSSR count). The first kappa shape index (κ1) is 16.0. The third kappa shape index (κ3) is 3.85. The van der Waals surface area contributed by atoms with Crippen LogP contribution in [-0.2, 0) is 0 Å². The van der Waals surface area contributed by atoms with Gasteiger partial charge in [0.05, 0.1) is 12.6 Å². The van der Waals surface area contributed by atoms with Crippen LogP contribution in [-0.4, -0.2) is 12.5 Å². The topological polar surface area (TPSA) is 38.3 Å². The van der Waals surface area contributed by atoms with Gasteiger partial charge in [-0.2, -0.15) is 0 Å². The van der Waals surface area contributed by atoms with Crippen LogP contribution < -0.4 is 10.1 Å². The molecule has 0 saturated heterocycles. The first-order valence-corrected chi connectivity index (χ1v) is 7.31. The van der Waals surface area contributed by atoms with Gasteiger partial charge in [0.1, 0.15) is 11.6 Å². The van der Waals surface area contributed by atoms with E-state index in [4.69, 9.17) is 4.74 Å². The summed E-state index contributed by atoms with van der Waals surface area (Å²) in [5.74, 6) is 0.332. The minimum atomic E-state index is -0.288. The number of hydrogen-bond acceptors (Lipinski definition) is 2. The first-order valence-electron chi connectivity index (χ1n) is 7.31. The van der Waals surface area contributed by atoms with Gasteiger partial charge in [-0.25, -0.2) is 4.39 Å². The average molecular weight is 301 g/mol. The zero-order valence-corrected chi connectivity index (χ0v) is 13.0. The summed E-state index contributed by atoms with van der Waals surface area (Å²) < 4.78 is 18.4. The summed E-state index contributed by atoms with van der Waals surface area (Å²) in [4.78, 5) is 12.3. The molecule has 0 saturated carbocycles. The SMILES string of the molecule is CCOc1ccc(C(=O)N[C@@H](C)c2ccc(F)cc2)cc1C. The van der Waals surface area contributed by atoms with Crippen molar-refractivity contribution in [1.29, 1.82) is 0 Å². The molecule has 0 spiro atoms. The molecule has 2 aromatic carbocycles. The maximum atomic E-state index is 12.9. The van der Waals surface area contributed by atoms with E-state index in [1.54, 1.807) is 30.3 Å². The molecule has 1 amide bonds. The van der Waals surface area contributed by atoms with Gasteiger partial charge in [-0.1, -0.05) is 12.1 Å². The van der Waals surface area contributed by atoms with E-state index in [-0.39, 0.29) is 17.8 Å². The van der Waals surface area contributed by atoms with Crippen molar-refractivity contribution in [2.24, 2.45) is 0 Å². The molecule has 22 heavy (non-hydrogen) atoms. The minimum Gasteiger partial charge on any atom is -0.494 e. The molecule has 3 nitrogen and oxygen atoms in total. The summed E-state index contributed by atoms with van der Waals surface area (Å²) in [5, 5.41) is 2.91. The second-order valence-corrected chi connectivity index (χ2v) is 5.16. The lowest BCUT2D eigenvalue weighted by Crippen LogP contribution is -2.26. The van der Waals surface area contributed by atoms with Crippen molar-refractivity contribution in [3.63, 3.8) is 0 Å². The van der Waals surface area contributed by atoms with E-state index in [1.807, 2.05) is 20.8 Å². The van der Waals surface area contributed by atoms with E-state index < -0.39 is 0 Å². The van der Waals surface area contributed by atoms with Gasteiger partial charge < -0.3 is 10.1 Å². The largest absolute Gasteiger partial charge is 0.494 e. The molecule has 1 atom stereocenters. The Morgan fingerprint density at radius 2 is 1.91 bits per heavy atom. The fourth-order valence-electron chi connectivity index (χ4n) is 2.22. The quantitative estimate of drug-likeness (QED) is 0.905. The molecule has 0 aliphatic rings. The number of hydrogen-bond donors (Lipinski definition) is 1. The normalized spacial score (nSPS) is 11.8. The van der Waals surface area contributed by atoms with Crippen LogP contribution in [0.3, 0.4) is 0 Å². The van der Waals surface area contributed by atoms with Crippen molar-refractivity contribution >= 4 is 5.91 Å². The molecule has 2 aromatic rings. The van der Waals surface area contributed by atoms with Gasteiger partial charge in [0.25, 0.3) is 5.91 Å². The van der Waals surface area contributed by atoms with E-state index in [9.17, 15) is 9.18 Å². The van der Waals surface area contributed by atoms with Gasteiger partial charge in [-0.3, -0.25) is 4.79 Å². The lowest BCUT2D eigenvalue weighted by atomic mass is 10.1. The maximum Gasteiger partial charge on any atom is 0.251 e. The summed E-state index contributed by atoms with van der Waals surface area (Å²) >= 11 is 0. The monoisotopic (exact) mass is 301 g/mol. The number of ether oxygens (including phenoxy) is 1. The lowest BCUT2D eigenvalue weighted by Gasteiger charge is -2.15. The number of carbonyl (C=O) groups excluding carboxylic acids is 1. The van der Waals surface area contributed by atoms with E-state index in [0.29, 0.717) is 12.2 Å². The molecule has 0 aliphatic carbocycles. The van der Waals surface area contributed by atoms with Crippen LogP contribution in [0.5, 0.6) is 5.75 Å². The Labute approximate surface area is 130 Å². The third-order valence-corrected chi connectivity index (χ3v) is 3.45. The van der Waals surface area contributed by atoms with Crippen LogP contribution >= 0.6 is 0 Å². The van der Waals surface area contributed by atoms with Gasteiger partial charge in [-0.15, -0.1) is 0 Å². The van der Waals surface area contributed by atoms with Gasteiger partial charge >= 0.3 is 0 Å². The standard InChI is InChI=1S/C18H20FNO2/c1-4-22-17-10-7-15(11-12(17)2)18(21)20-13(3)14-5-8-16(19)9-6-14/h5-11,13H,4H2,1-3H3,(H,20,21)/t13-/m0/s1. The summed E-state index contributed by atoms with van der Waals surface area (Å²) in [6, 6.07) is 11.3. The number of carbonyl (C=O) groups is 1. The number of rotatable bonds is 5. The van der Waals surface area contributed by atoms with Crippen molar-refractivity contribution < 1.29 is 13.9 Å². The zero-order chi connectivity index (χ0) is 16.1. The molecule has 0 radical (unpaired) electrons. The van der Waals surface area contributed by atoms with Crippen molar-refractivity contribution in [1.82, 2.24) is 5.32 Å². The molecule has 0 heterocycles. The van der Waals surface area contributed by atoms with Crippen LogP contribution in [0.15, 0.2) is 42.5 Å². The Bertz CT molecular complexity index is 653. The van der Waals surface area contributed by atoms with Gasteiger partial charge in [0.2, 0.25) is 0 Å².